The zero-order chi connectivity index (χ0) is 18.8. The predicted molar refractivity (Wildman–Crippen MR) is 94.3 cm³/mol. The average molecular weight is 373 g/mol. The number of rotatable bonds is 5. The van der Waals surface area contributed by atoms with Crippen molar-refractivity contribution in [3.8, 4) is 0 Å². The summed E-state index contributed by atoms with van der Waals surface area (Å²) >= 11 is 5.83. The largest absolute Gasteiger partial charge is 0.478 e. The average Bonchev–Trinajstić information content (AvgIpc) is 3.03. The molecule has 3 aromatic rings. The smallest absolute Gasteiger partial charge is 0.336 e. The molecule has 0 radical (unpaired) electrons. The van der Waals surface area contributed by atoms with Crippen LogP contribution in [0.15, 0.2) is 48.8 Å². The van der Waals surface area contributed by atoms with Crippen LogP contribution in [0.1, 0.15) is 37.4 Å². The number of benzene rings is 2. The van der Waals surface area contributed by atoms with Gasteiger partial charge in [-0.15, -0.1) is 0 Å². The van der Waals surface area contributed by atoms with Gasteiger partial charge in [0.1, 0.15) is 5.82 Å². The molecule has 0 amide bonds. The van der Waals surface area contributed by atoms with Crippen molar-refractivity contribution < 1.29 is 19.1 Å². The highest BCUT2D eigenvalue weighted by atomic mass is 35.5. The van der Waals surface area contributed by atoms with Gasteiger partial charge in [-0.1, -0.05) is 23.7 Å². The van der Waals surface area contributed by atoms with E-state index in [1.54, 1.807) is 31.3 Å². The molecule has 2 aromatic carbocycles. The highest BCUT2D eigenvalue weighted by Gasteiger charge is 2.21. The first-order chi connectivity index (χ1) is 12.3. The van der Waals surface area contributed by atoms with Gasteiger partial charge in [-0.05, 0) is 29.8 Å². The number of carboxylic acids is 1. The van der Waals surface area contributed by atoms with Crippen LogP contribution in [0.4, 0.5) is 4.39 Å². The number of carboxylic acid groups (broad SMARTS) is 1. The van der Waals surface area contributed by atoms with Crippen molar-refractivity contribution in [1.29, 1.82) is 0 Å². The summed E-state index contributed by atoms with van der Waals surface area (Å²) < 4.78 is 16.1. The summed E-state index contributed by atoms with van der Waals surface area (Å²) in [6, 6.07) is 8.95. The molecule has 0 unspecified atom stereocenters. The van der Waals surface area contributed by atoms with Crippen LogP contribution in [-0.2, 0) is 13.5 Å². The van der Waals surface area contributed by atoms with Gasteiger partial charge in [-0.2, -0.15) is 5.10 Å². The van der Waals surface area contributed by atoms with Gasteiger partial charge in [-0.3, -0.25) is 9.48 Å². The zero-order valence-corrected chi connectivity index (χ0v) is 14.5. The van der Waals surface area contributed by atoms with Gasteiger partial charge in [0.05, 0.1) is 17.3 Å². The molecule has 0 aliphatic heterocycles. The number of ketones is 1. The van der Waals surface area contributed by atoms with Crippen LogP contribution in [0.25, 0.3) is 0 Å². The SMILES string of the molecule is Cn1cc(C(=O)c2cc(F)c(Cc3ccc(Cl)cc3)c(C(=O)O)c2)cn1. The first-order valence-electron chi connectivity index (χ1n) is 7.68. The van der Waals surface area contributed by atoms with E-state index in [-0.39, 0.29) is 28.7 Å². The molecule has 1 heterocycles. The first kappa shape index (κ1) is 17.8. The Morgan fingerprint density at radius 2 is 1.88 bits per heavy atom. The van der Waals surface area contributed by atoms with E-state index in [9.17, 15) is 19.1 Å². The van der Waals surface area contributed by atoms with E-state index < -0.39 is 17.6 Å². The molecular formula is C19H14ClFN2O3. The maximum Gasteiger partial charge on any atom is 0.336 e. The summed E-state index contributed by atoms with van der Waals surface area (Å²) in [5.74, 6) is -2.53. The van der Waals surface area contributed by atoms with Gasteiger partial charge >= 0.3 is 5.97 Å². The second kappa shape index (κ2) is 7.09. The molecule has 5 nitrogen and oxygen atoms in total. The Hall–Kier alpha value is -2.99. The number of aromatic nitrogens is 2. The van der Waals surface area contributed by atoms with Crippen LogP contribution < -0.4 is 0 Å². The molecule has 0 bridgehead atoms. The van der Waals surface area contributed by atoms with E-state index in [1.165, 1.54) is 23.1 Å². The monoisotopic (exact) mass is 372 g/mol. The fourth-order valence-electron chi connectivity index (χ4n) is 2.65. The molecule has 26 heavy (non-hydrogen) atoms. The second-order valence-electron chi connectivity index (χ2n) is 5.82. The number of hydrogen-bond acceptors (Lipinski definition) is 3. The number of carbonyl (C=O) groups excluding carboxylic acids is 1. The molecule has 0 fully saturated rings. The van der Waals surface area contributed by atoms with Crippen molar-refractivity contribution >= 4 is 23.4 Å². The van der Waals surface area contributed by atoms with Crippen LogP contribution in [0.3, 0.4) is 0 Å². The molecular weight excluding hydrogens is 359 g/mol. The molecule has 7 heteroatoms. The number of aryl methyl sites for hydroxylation is 1. The summed E-state index contributed by atoms with van der Waals surface area (Å²) in [4.78, 5) is 24.1. The summed E-state index contributed by atoms with van der Waals surface area (Å²) in [5, 5.41) is 13.9. The summed E-state index contributed by atoms with van der Waals surface area (Å²) in [7, 11) is 1.65. The fraction of sp³-hybridized carbons (Fsp3) is 0.105. The Labute approximate surface area is 153 Å². The Bertz CT molecular complexity index is 997. The number of nitrogens with zero attached hydrogens (tertiary/aromatic N) is 2. The van der Waals surface area contributed by atoms with Crippen molar-refractivity contribution in [2.45, 2.75) is 6.42 Å². The van der Waals surface area contributed by atoms with Crippen molar-refractivity contribution in [2.24, 2.45) is 7.05 Å². The molecule has 3 rings (SSSR count). The van der Waals surface area contributed by atoms with Gasteiger partial charge in [-0.25, -0.2) is 9.18 Å². The van der Waals surface area contributed by atoms with Gasteiger partial charge in [0.15, 0.2) is 5.78 Å². The maximum absolute atomic E-state index is 14.7. The van der Waals surface area contributed by atoms with Crippen LogP contribution in [0.2, 0.25) is 5.02 Å². The molecule has 0 aliphatic rings. The number of hydrogen-bond donors (Lipinski definition) is 1. The maximum atomic E-state index is 14.7. The third kappa shape index (κ3) is 3.65. The number of halogens is 2. The van der Waals surface area contributed by atoms with Crippen LogP contribution in [0, 0.1) is 5.82 Å². The quantitative estimate of drug-likeness (QED) is 0.692. The molecule has 132 valence electrons. The third-order valence-corrected chi connectivity index (χ3v) is 4.20. The van der Waals surface area contributed by atoms with Crippen LogP contribution in [-0.4, -0.2) is 26.6 Å². The van der Waals surface area contributed by atoms with Crippen molar-refractivity contribution in [3.05, 3.63) is 87.4 Å². The number of aromatic carboxylic acids is 1. The normalized spacial score (nSPS) is 10.7. The van der Waals surface area contributed by atoms with Crippen LogP contribution >= 0.6 is 11.6 Å². The standard InChI is InChI=1S/C19H14ClFN2O3/c1-23-10-13(9-22-23)18(24)12-7-16(19(25)26)15(17(21)8-12)6-11-2-4-14(20)5-3-11/h2-5,7-10H,6H2,1H3,(H,25,26). The van der Waals surface area contributed by atoms with Crippen LogP contribution in [0.5, 0.6) is 0 Å². The molecule has 0 saturated heterocycles. The molecule has 0 spiro atoms. The minimum atomic E-state index is -1.30. The highest BCUT2D eigenvalue weighted by Crippen LogP contribution is 2.23. The lowest BCUT2D eigenvalue weighted by atomic mass is 9.94. The second-order valence-corrected chi connectivity index (χ2v) is 6.26. The van der Waals surface area contributed by atoms with Gasteiger partial charge < -0.3 is 5.11 Å². The van der Waals surface area contributed by atoms with E-state index in [4.69, 9.17) is 11.6 Å². The molecule has 1 N–H and O–H groups in total. The minimum absolute atomic E-state index is 0.0163. The molecule has 0 atom stereocenters. The Balaban J connectivity index is 2.02. The topological polar surface area (TPSA) is 72.2 Å². The van der Waals surface area contributed by atoms with E-state index in [0.717, 1.165) is 6.07 Å². The van der Waals surface area contributed by atoms with E-state index in [0.29, 0.717) is 10.6 Å². The van der Waals surface area contributed by atoms with Gasteiger partial charge in [0, 0.05) is 35.8 Å². The van der Waals surface area contributed by atoms with Crippen molar-refractivity contribution in [1.82, 2.24) is 9.78 Å². The third-order valence-electron chi connectivity index (χ3n) is 3.95. The van der Waals surface area contributed by atoms with E-state index in [2.05, 4.69) is 5.10 Å². The van der Waals surface area contributed by atoms with Crippen molar-refractivity contribution in [3.63, 3.8) is 0 Å². The highest BCUT2D eigenvalue weighted by molar-refractivity contribution is 6.30. The van der Waals surface area contributed by atoms with E-state index in [1.807, 2.05) is 0 Å². The fourth-order valence-corrected chi connectivity index (χ4v) is 2.78. The predicted octanol–water partition coefficient (Wildman–Crippen LogP) is 3.73. The van der Waals surface area contributed by atoms with Gasteiger partial charge in [0.2, 0.25) is 0 Å². The Kier molecular flexibility index (Phi) is 4.86. The minimum Gasteiger partial charge on any atom is -0.478 e. The molecule has 1 aromatic heterocycles. The Morgan fingerprint density at radius 1 is 1.19 bits per heavy atom. The summed E-state index contributed by atoms with van der Waals surface area (Å²) in [6.45, 7) is 0. The van der Waals surface area contributed by atoms with E-state index >= 15 is 0 Å². The zero-order valence-electron chi connectivity index (χ0n) is 13.7. The lowest BCUT2D eigenvalue weighted by molar-refractivity contribution is 0.0695. The Morgan fingerprint density at radius 3 is 2.46 bits per heavy atom. The summed E-state index contributed by atoms with van der Waals surface area (Å²) in [6.07, 6.45) is 2.91. The van der Waals surface area contributed by atoms with Crippen molar-refractivity contribution in [2.75, 3.05) is 0 Å². The lowest BCUT2D eigenvalue weighted by Crippen LogP contribution is -2.10. The summed E-state index contributed by atoms with van der Waals surface area (Å²) in [5.41, 5.74) is 0.707. The lowest BCUT2D eigenvalue weighted by Gasteiger charge is -2.10. The number of carbonyl (C=O) groups is 2. The molecule has 0 aliphatic carbocycles. The van der Waals surface area contributed by atoms with Gasteiger partial charge in [0.25, 0.3) is 0 Å². The first-order valence-corrected chi connectivity index (χ1v) is 8.06. The molecule has 0 saturated carbocycles.